The van der Waals surface area contributed by atoms with Crippen LogP contribution < -0.4 is 0 Å². The highest BCUT2D eigenvalue weighted by Gasteiger charge is 2.38. The number of halogens is 3. The van der Waals surface area contributed by atoms with Gasteiger partial charge in [-0.05, 0) is 31.7 Å². The lowest BCUT2D eigenvalue weighted by atomic mass is 10.2. The molecule has 126 valence electrons. The van der Waals surface area contributed by atoms with Crippen LogP contribution in [0.3, 0.4) is 0 Å². The molecular formula is C15H18F3N3OS. The van der Waals surface area contributed by atoms with E-state index in [9.17, 15) is 18.0 Å². The van der Waals surface area contributed by atoms with Crippen molar-refractivity contribution in [2.24, 2.45) is 0 Å². The van der Waals surface area contributed by atoms with Crippen LogP contribution >= 0.6 is 11.8 Å². The lowest BCUT2D eigenvalue weighted by Crippen LogP contribution is -2.41. The molecule has 1 amide bonds. The molecule has 1 aromatic heterocycles. The molecule has 3 rings (SSSR count). The molecule has 0 atom stereocenters. The SMILES string of the molecule is O=C(CSc1nccc(C(F)(F)F)n1)N(C1CCCC1)C1CC1. The summed E-state index contributed by atoms with van der Waals surface area (Å²) in [5.74, 6) is 0.0827. The average Bonchev–Trinajstić information content (AvgIpc) is 3.19. The molecule has 2 aliphatic rings. The van der Waals surface area contributed by atoms with Gasteiger partial charge in [-0.15, -0.1) is 0 Å². The molecule has 8 heteroatoms. The summed E-state index contributed by atoms with van der Waals surface area (Å²) in [5, 5.41) is -0.00431. The molecular weight excluding hydrogens is 327 g/mol. The van der Waals surface area contributed by atoms with Crippen LogP contribution in [-0.4, -0.2) is 38.6 Å². The van der Waals surface area contributed by atoms with Crippen molar-refractivity contribution >= 4 is 17.7 Å². The largest absolute Gasteiger partial charge is 0.433 e. The first-order valence-corrected chi connectivity index (χ1v) is 8.78. The van der Waals surface area contributed by atoms with Gasteiger partial charge in [-0.1, -0.05) is 24.6 Å². The van der Waals surface area contributed by atoms with E-state index in [-0.39, 0.29) is 16.8 Å². The normalized spacial score (nSPS) is 19.1. The topological polar surface area (TPSA) is 46.1 Å². The Bertz CT molecular complexity index is 571. The first-order valence-electron chi connectivity index (χ1n) is 7.79. The minimum atomic E-state index is -4.49. The maximum atomic E-state index is 12.6. The Morgan fingerprint density at radius 3 is 2.48 bits per heavy atom. The fourth-order valence-corrected chi connectivity index (χ4v) is 3.71. The first-order chi connectivity index (χ1) is 10.9. The number of aromatic nitrogens is 2. The molecule has 0 unspecified atom stereocenters. The van der Waals surface area contributed by atoms with Crippen LogP contribution in [0, 0.1) is 0 Å². The third-order valence-electron chi connectivity index (χ3n) is 4.19. The molecule has 4 nitrogen and oxygen atoms in total. The van der Waals surface area contributed by atoms with E-state index in [1.54, 1.807) is 0 Å². The predicted molar refractivity (Wildman–Crippen MR) is 79.9 cm³/mol. The number of amides is 1. The number of carbonyl (C=O) groups excluding carboxylic acids is 1. The van der Waals surface area contributed by atoms with Gasteiger partial charge in [0.15, 0.2) is 5.16 Å². The number of nitrogens with zero attached hydrogens (tertiary/aromatic N) is 3. The van der Waals surface area contributed by atoms with E-state index in [1.165, 1.54) is 0 Å². The number of hydrogen-bond donors (Lipinski definition) is 0. The molecule has 0 aromatic carbocycles. The molecule has 0 radical (unpaired) electrons. The Hall–Kier alpha value is -1.31. The monoisotopic (exact) mass is 345 g/mol. The number of thioether (sulfide) groups is 1. The smallest absolute Gasteiger partial charge is 0.336 e. The van der Waals surface area contributed by atoms with Crippen molar-refractivity contribution in [2.75, 3.05) is 5.75 Å². The van der Waals surface area contributed by atoms with Gasteiger partial charge in [0.05, 0.1) is 5.75 Å². The number of rotatable bonds is 5. The molecule has 1 heterocycles. The molecule has 0 N–H and O–H groups in total. The van der Waals surface area contributed by atoms with Crippen LogP contribution in [0.25, 0.3) is 0 Å². The Balaban J connectivity index is 1.61. The molecule has 0 spiro atoms. The van der Waals surface area contributed by atoms with Gasteiger partial charge in [0.25, 0.3) is 0 Å². The van der Waals surface area contributed by atoms with Gasteiger partial charge in [0, 0.05) is 18.3 Å². The summed E-state index contributed by atoms with van der Waals surface area (Å²) in [6.45, 7) is 0. The van der Waals surface area contributed by atoms with Crippen molar-refractivity contribution in [3.8, 4) is 0 Å². The summed E-state index contributed by atoms with van der Waals surface area (Å²) in [6, 6.07) is 1.47. The van der Waals surface area contributed by atoms with Crippen molar-refractivity contribution in [1.82, 2.24) is 14.9 Å². The summed E-state index contributed by atoms with van der Waals surface area (Å²) < 4.78 is 37.9. The Morgan fingerprint density at radius 2 is 1.87 bits per heavy atom. The standard InChI is InChI=1S/C15H18F3N3OS/c16-15(17,18)12-7-8-19-14(20-12)23-9-13(22)21(11-5-6-11)10-3-1-2-4-10/h7-8,10-11H,1-6,9H2. The zero-order valence-corrected chi connectivity index (χ0v) is 13.4. The van der Waals surface area contributed by atoms with Crippen LogP contribution in [0.4, 0.5) is 13.2 Å². The minimum Gasteiger partial charge on any atom is -0.336 e. The van der Waals surface area contributed by atoms with Gasteiger partial charge in [-0.2, -0.15) is 13.2 Å². The van der Waals surface area contributed by atoms with E-state index in [2.05, 4.69) is 9.97 Å². The van der Waals surface area contributed by atoms with Gasteiger partial charge < -0.3 is 4.90 Å². The number of carbonyl (C=O) groups is 1. The molecule has 2 saturated carbocycles. The highest BCUT2D eigenvalue weighted by atomic mass is 32.2. The highest BCUT2D eigenvalue weighted by molar-refractivity contribution is 7.99. The number of alkyl halides is 3. The second-order valence-corrected chi connectivity index (χ2v) is 6.92. The van der Waals surface area contributed by atoms with Gasteiger partial charge in [-0.25, -0.2) is 9.97 Å². The third kappa shape index (κ3) is 4.16. The van der Waals surface area contributed by atoms with E-state index < -0.39 is 11.9 Å². The summed E-state index contributed by atoms with van der Waals surface area (Å²) in [6.07, 6.45) is 3.01. The molecule has 2 fully saturated rings. The van der Waals surface area contributed by atoms with Gasteiger partial charge in [0.1, 0.15) is 5.69 Å². The van der Waals surface area contributed by atoms with Gasteiger partial charge >= 0.3 is 6.18 Å². The Kier molecular flexibility index (Phi) is 4.79. The van der Waals surface area contributed by atoms with E-state index in [1.807, 2.05) is 4.90 Å². The molecule has 0 aliphatic heterocycles. The summed E-state index contributed by atoms with van der Waals surface area (Å²) in [5.41, 5.74) is -0.975. The highest BCUT2D eigenvalue weighted by Crippen LogP contribution is 2.35. The third-order valence-corrected chi connectivity index (χ3v) is 5.04. The Morgan fingerprint density at radius 1 is 1.22 bits per heavy atom. The zero-order chi connectivity index (χ0) is 16.4. The van der Waals surface area contributed by atoms with Crippen LogP contribution in [0.5, 0.6) is 0 Å². The predicted octanol–water partition coefficient (Wildman–Crippen LogP) is 3.52. The van der Waals surface area contributed by atoms with E-state index in [4.69, 9.17) is 0 Å². The van der Waals surface area contributed by atoms with Crippen molar-refractivity contribution in [1.29, 1.82) is 0 Å². The first kappa shape index (κ1) is 16.5. The van der Waals surface area contributed by atoms with Crippen LogP contribution in [0.1, 0.15) is 44.2 Å². The molecule has 23 heavy (non-hydrogen) atoms. The van der Waals surface area contributed by atoms with Crippen molar-refractivity contribution in [3.63, 3.8) is 0 Å². The van der Waals surface area contributed by atoms with Crippen LogP contribution in [0.15, 0.2) is 17.4 Å². The van der Waals surface area contributed by atoms with Crippen LogP contribution in [-0.2, 0) is 11.0 Å². The summed E-state index contributed by atoms with van der Waals surface area (Å²) >= 11 is 0.978. The lowest BCUT2D eigenvalue weighted by molar-refractivity contribution is -0.141. The Labute approximate surface area is 136 Å². The summed E-state index contributed by atoms with van der Waals surface area (Å²) in [7, 11) is 0. The van der Waals surface area contributed by atoms with E-state index >= 15 is 0 Å². The van der Waals surface area contributed by atoms with Gasteiger partial charge in [0.2, 0.25) is 5.91 Å². The molecule has 2 aliphatic carbocycles. The minimum absolute atomic E-state index is 0.00431. The summed E-state index contributed by atoms with van der Waals surface area (Å²) in [4.78, 5) is 21.8. The second-order valence-electron chi connectivity index (χ2n) is 5.98. The molecule has 0 bridgehead atoms. The molecule has 1 aromatic rings. The fraction of sp³-hybridized carbons (Fsp3) is 0.667. The van der Waals surface area contributed by atoms with Crippen LogP contribution in [0.2, 0.25) is 0 Å². The number of hydrogen-bond acceptors (Lipinski definition) is 4. The van der Waals surface area contributed by atoms with Crippen molar-refractivity contribution in [3.05, 3.63) is 18.0 Å². The van der Waals surface area contributed by atoms with Crippen molar-refractivity contribution < 1.29 is 18.0 Å². The second kappa shape index (κ2) is 6.67. The lowest BCUT2D eigenvalue weighted by Gasteiger charge is -2.29. The maximum Gasteiger partial charge on any atom is 0.433 e. The van der Waals surface area contributed by atoms with Gasteiger partial charge in [-0.3, -0.25) is 4.79 Å². The average molecular weight is 345 g/mol. The van der Waals surface area contributed by atoms with Crippen molar-refractivity contribution in [2.45, 2.75) is 61.9 Å². The van der Waals surface area contributed by atoms with E-state index in [0.717, 1.165) is 62.6 Å². The quantitative estimate of drug-likeness (QED) is 0.605. The molecule has 0 saturated heterocycles. The fourth-order valence-electron chi connectivity index (χ4n) is 3.01. The van der Waals surface area contributed by atoms with E-state index in [0.29, 0.717) is 12.1 Å². The maximum absolute atomic E-state index is 12.6. The zero-order valence-electron chi connectivity index (χ0n) is 12.6.